The quantitative estimate of drug-likeness (QED) is 0.293. The van der Waals surface area contributed by atoms with Crippen LogP contribution in [0.2, 0.25) is 0 Å². The summed E-state index contributed by atoms with van der Waals surface area (Å²) < 4.78 is 49.7. The fourth-order valence-corrected chi connectivity index (χ4v) is 6.22. The summed E-state index contributed by atoms with van der Waals surface area (Å²) in [6.07, 6.45) is 11.2. The molecule has 0 N–H and O–H groups in total. The molecule has 2 saturated carbocycles. The molecule has 3 aliphatic rings. The van der Waals surface area contributed by atoms with Gasteiger partial charge in [0.15, 0.2) is 11.6 Å². The van der Waals surface area contributed by atoms with Crippen molar-refractivity contribution >= 4 is 0 Å². The maximum absolute atomic E-state index is 14.9. The van der Waals surface area contributed by atoms with E-state index >= 15 is 0 Å². The second kappa shape index (κ2) is 10.3. The van der Waals surface area contributed by atoms with E-state index in [2.05, 4.69) is 6.58 Å². The summed E-state index contributed by atoms with van der Waals surface area (Å²) in [5.41, 5.74) is 2.78. The SMILES string of the molecule is C=CC1CCC(c2ccc(CCC3CCC(c4ccc(C5CO5)cc4F)CC3)c(F)c2F)CC1. The molecule has 2 aromatic rings. The smallest absolute Gasteiger partial charge is 0.162 e. The van der Waals surface area contributed by atoms with Gasteiger partial charge < -0.3 is 4.74 Å². The third kappa shape index (κ3) is 5.12. The van der Waals surface area contributed by atoms with E-state index in [4.69, 9.17) is 4.74 Å². The molecular formula is C30H35F3O. The molecule has 2 aliphatic carbocycles. The van der Waals surface area contributed by atoms with Gasteiger partial charge in [0.25, 0.3) is 0 Å². The number of allylic oxidation sites excluding steroid dienone is 1. The van der Waals surface area contributed by atoms with E-state index in [1.807, 2.05) is 24.3 Å². The summed E-state index contributed by atoms with van der Waals surface area (Å²) in [7, 11) is 0. The van der Waals surface area contributed by atoms with E-state index in [1.54, 1.807) is 12.1 Å². The van der Waals surface area contributed by atoms with Crippen molar-refractivity contribution in [2.24, 2.45) is 11.8 Å². The Morgan fingerprint density at radius 1 is 0.824 bits per heavy atom. The minimum atomic E-state index is -0.654. The van der Waals surface area contributed by atoms with E-state index in [9.17, 15) is 13.2 Å². The number of epoxide rings is 1. The van der Waals surface area contributed by atoms with Crippen LogP contribution in [-0.2, 0) is 11.2 Å². The molecule has 1 atom stereocenters. The van der Waals surface area contributed by atoms with Crippen LogP contribution in [0, 0.1) is 29.3 Å². The van der Waals surface area contributed by atoms with E-state index in [1.165, 1.54) is 0 Å². The number of ether oxygens (including phenoxy) is 1. The first-order chi connectivity index (χ1) is 16.5. The zero-order chi connectivity index (χ0) is 23.7. The van der Waals surface area contributed by atoms with Crippen molar-refractivity contribution in [2.75, 3.05) is 6.61 Å². The lowest BCUT2D eigenvalue weighted by atomic mass is 9.76. The number of hydrogen-bond acceptors (Lipinski definition) is 1. The molecule has 1 nitrogen and oxygen atoms in total. The summed E-state index contributed by atoms with van der Waals surface area (Å²) in [6.45, 7) is 4.55. The molecule has 1 unspecified atom stereocenters. The Morgan fingerprint density at radius 2 is 1.47 bits per heavy atom. The monoisotopic (exact) mass is 468 g/mol. The van der Waals surface area contributed by atoms with Gasteiger partial charge in [-0.3, -0.25) is 0 Å². The van der Waals surface area contributed by atoms with Crippen LogP contribution in [0.15, 0.2) is 43.0 Å². The third-order valence-corrected chi connectivity index (χ3v) is 8.58. The van der Waals surface area contributed by atoms with Gasteiger partial charge in [0, 0.05) is 0 Å². The van der Waals surface area contributed by atoms with Crippen molar-refractivity contribution in [1.29, 1.82) is 0 Å². The van der Waals surface area contributed by atoms with Gasteiger partial charge >= 0.3 is 0 Å². The minimum absolute atomic E-state index is 0.0749. The zero-order valence-electron chi connectivity index (χ0n) is 19.9. The molecule has 0 amide bonds. The van der Waals surface area contributed by atoms with Crippen molar-refractivity contribution in [1.82, 2.24) is 0 Å². The molecule has 2 aromatic carbocycles. The number of halogens is 3. The highest BCUT2D eigenvalue weighted by molar-refractivity contribution is 5.31. The van der Waals surface area contributed by atoms with Crippen LogP contribution in [0.4, 0.5) is 13.2 Å². The van der Waals surface area contributed by atoms with E-state index in [0.717, 1.165) is 68.9 Å². The lowest BCUT2D eigenvalue weighted by molar-refractivity contribution is 0.305. The van der Waals surface area contributed by atoms with Gasteiger partial charge in [-0.05, 0) is 116 Å². The highest BCUT2D eigenvalue weighted by Crippen LogP contribution is 2.41. The number of aryl methyl sites for hydroxylation is 1. The molecule has 3 fully saturated rings. The van der Waals surface area contributed by atoms with Gasteiger partial charge in [-0.15, -0.1) is 6.58 Å². The molecule has 0 aromatic heterocycles. The van der Waals surface area contributed by atoms with Gasteiger partial charge in [-0.25, -0.2) is 13.2 Å². The average Bonchev–Trinajstić information content (AvgIpc) is 3.71. The predicted molar refractivity (Wildman–Crippen MR) is 129 cm³/mol. The van der Waals surface area contributed by atoms with E-state index in [-0.39, 0.29) is 23.8 Å². The molecule has 0 bridgehead atoms. The summed E-state index contributed by atoms with van der Waals surface area (Å²) in [6, 6.07) is 9.18. The van der Waals surface area contributed by atoms with Crippen LogP contribution in [0.1, 0.15) is 98.0 Å². The van der Waals surface area contributed by atoms with Crippen molar-refractivity contribution < 1.29 is 17.9 Å². The Hall–Kier alpha value is -2.07. The van der Waals surface area contributed by atoms with Crippen molar-refractivity contribution in [2.45, 2.75) is 82.1 Å². The van der Waals surface area contributed by atoms with Crippen molar-refractivity contribution in [3.05, 3.63) is 82.7 Å². The molecule has 182 valence electrons. The van der Waals surface area contributed by atoms with Crippen LogP contribution in [0.25, 0.3) is 0 Å². The first kappa shape index (κ1) is 23.7. The van der Waals surface area contributed by atoms with Crippen LogP contribution in [-0.4, -0.2) is 6.61 Å². The fourth-order valence-electron chi connectivity index (χ4n) is 6.22. The van der Waals surface area contributed by atoms with E-state index in [0.29, 0.717) is 36.0 Å². The summed E-state index contributed by atoms with van der Waals surface area (Å²) in [5, 5.41) is 0. The molecule has 4 heteroatoms. The highest BCUT2D eigenvalue weighted by atomic mass is 19.2. The molecule has 1 aliphatic heterocycles. The molecular weight excluding hydrogens is 433 g/mol. The maximum Gasteiger partial charge on any atom is 0.162 e. The Bertz CT molecular complexity index is 1010. The molecule has 5 rings (SSSR count). The van der Waals surface area contributed by atoms with Crippen molar-refractivity contribution in [3.8, 4) is 0 Å². The number of benzene rings is 2. The van der Waals surface area contributed by atoms with Crippen LogP contribution >= 0.6 is 0 Å². The van der Waals surface area contributed by atoms with Crippen LogP contribution in [0.5, 0.6) is 0 Å². The lowest BCUT2D eigenvalue weighted by Crippen LogP contribution is -2.16. The molecule has 0 spiro atoms. The van der Waals surface area contributed by atoms with Gasteiger partial charge in [0.1, 0.15) is 11.9 Å². The highest BCUT2D eigenvalue weighted by Gasteiger charge is 2.29. The van der Waals surface area contributed by atoms with Gasteiger partial charge in [0.2, 0.25) is 0 Å². The molecule has 0 radical (unpaired) electrons. The van der Waals surface area contributed by atoms with E-state index < -0.39 is 11.6 Å². The first-order valence-corrected chi connectivity index (χ1v) is 13.0. The minimum Gasteiger partial charge on any atom is -0.368 e. The zero-order valence-corrected chi connectivity index (χ0v) is 19.9. The normalized spacial score (nSPS) is 29.1. The predicted octanol–water partition coefficient (Wildman–Crippen LogP) is 8.54. The summed E-state index contributed by atoms with van der Waals surface area (Å²) >= 11 is 0. The molecule has 1 heterocycles. The third-order valence-electron chi connectivity index (χ3n) is 8.58. The second-order valence-electron chi connectivity index (χ2n) is 10.6. The topological polar surface area (TPSA) is 12.5 Å². The van der Waals surface area contributed by atoms with Gasteiger partial charge in [0.05, 0.1) is 6.61 Å². The van der Waals surface area contributed by atoms with Crippen LogP contribution < -0.4 is 0 Å². The van der Waals surface area contributed by atoms with Crippen LogP contribution in [0.3, 0.4) is 0 Å². The Kier molecular flexibility index (Phi) is 7.15. The number of rotatable bonds is 7. The number of hydrogen-bond donors (Lipinski definition) is 0. The Morgan fingerprint density at radius 3 is 2.12 bits per heavy atom. The average molecular weight is 469 g/mol. The van der Waals surface area contributed by atoms with Gasteiger partial charge in [-0.1, -0.05) is 30.3 Å². The second-order valence-corrected chi connectivity index (χ2v) is 10.6. The largest absolute Gasteiger partial charge is 0.368 e. The lowest BCUT2D eigenvalue weighted by Gasteiger charge is -2.29. The van der Waals surface area contributed by atoms with Gasteiger partial charge in [-0.2, -0.15) is 0 Å². The first-order valence-electron chi connectivity index (χ1n) is 13.0. The Balaban J connectivity index is 1.14. The molecule has 34 heavy (non-hydrogen) atoms. The van der Waals surface area contributed by atoms with Crippen molar-refractivity contribution in [3.63, 3.8) is 0 Å². The maximum atomic E-state index is 14.9. The Labute approximate surface area is 201 Å². The summed E-state index contributed by atoms with van der Waals surface area (Å²) in [5.74, 6) is -0.0671. The molecule has 1 saturated heterocycles. The standard InChI is InChI=1S/C30H35F3O/c1-2-19-3-8-22(9-4-19)26-16-13-23(29(32)30(26)33)12-7-20-5-10-21(11-6-20)25-15-14-24(17-27(25)31)28-18-34-28/h2,13-17,19-22,28H,1,3-12,18H2. The fraction of sp³-hybridized carbons (Fsp3) is 0.533. The summed E-state index contributed by atoms with van der Waals surface area (Å²) in [4.78, 5) is 0.